The largest absolute Gasteiger partial charge is 0.493 e. The first-order chi connectivity index (χ1) is 10.7. The van der Waals surface area contributed by atoms with Gasteiger partial charge in [-0.3, -0.25) is 0 Å². The molecule has 0 radical (unpaired) electrons. The van der Waals surface area contributed by atoms with Gasteiger partial charge in [-0.1, -0.05) is 19.1 Å². The van der Waals surface area contributed by atoms with Crippen LogP contribution in [0.4, 0.5) is 0 Å². The van der Waals surface area contributed by atoms with Crippen molar-refractivity contribution >= 4 is 11.3 Å². The van der Waals surface area contributed by atoms with Crippen molar-refractivity contribution in [2.45, 2.75) is 26.1 Å². The molecule has 22 heavy (non-hydrogen) atoms. The first kappa shape index (κ1) is 16.8. The molecule has 1 aromatic carbocycles. The van der Waals surface area contributed by atoms with Gasteiger partial charge in [-0.15, -0.1) is 11.3 Å². The minimum Gasteiger partial charge on any atom is -0.493 e. The Morgan fingerprint density at radius 1 is 1.18 bits per heavy atom. The first-order valence-electron chi connectivity index (χ1n) is 7.30. The van der Waals surface area contributed by atoms with Gasteiger partial charge in [-0.25, -0.2) is 0 Å². The lowest BCUT2D eigenvalue weighted by atomic mass is 10.1. The van der Waals surface area contributed by atoms with Crippen molar-refractivity contribution in [2.24, 2.45) is 0 Å². The minimum atomic E-state index is -0.671. The molecule has 2 rings (SSSR count). The van der Waals surface area contributed by atoms with Crippen LogP contribution in [0.25, 0.3) is 0 Å². The smallest absolute Gasteiger partial charge is 0.161 e. The van der Waals surface area contributed by atoms with Gasteiger partial charge in [0.1, 0.15) is 12.7 Å². The van der Waals surface area contributed by atoms with Gasteiger partial charge < -0.3 is 19.3 Å². The molecule has 0 fully saturated rings. The van der Waals surface area contributed by atoms with Gasteiger partial charge in [0, 0.05) is 4.88 Å². The van der Waals surface area contributed by atoms with Crippen LogP contribution in [-0.4, -0.2) is 31.5 Å². The fourth-order valence-electron chi connectivity index (χ4n) is 1.98. The van der Waals surface area contributed by atoms with Gasteiger partial charge in [0.2, 0.25) is 0 Å². The second kappa shape index (κ2) is 8.78. The number of hydrogen-bond donors (Lipinski definition) is 1. The highest BCUT2D eigenvalue weighted by Gasteiger charge is 2.10. The Morgan fingerprint density at radius 2 is 2.05 bits per heavy atom. The molecule has 0 saturated carbocycles. The van der Waals surface area contributed by atoms with Gasteiger partial charge in [0.05, 0.1) is 20.3 Å². The Balaban J connectivity index is 1.76. The molecule has 2 aromatic rings. The molecule has 1 N–H and O–H groups in total. The highest BCUT2D eigenvalue weighted by atomic mass is 32.1. The van der Waals surface area contributed by atoms with E-state index in [-0.39, 0.29) is 13.2 Å². The van der Waals surface area contributed by atoms with E-state index >= 15 is 0 Å². The summed E-state index contributed by atoms with van der Waals surface area (Å²) in [5, 5.41) is 11.9. The highest BCUT2D eigenvalue weighted by Crippen LogP contribution is 2.28. The van der Waals surface area contributed by atoms with Crippen LogP contribution in [0.1, 0.15) is 17.4 Å². The summed E-state index contributed by atoms with van der Waals surface area (Å²) in [6, 6.07) is 9.81. The van der Waals surface area contributed by atoms with Crippen molar-refractivity contribution in [1.82, 2.24) is 0 Å². The predicted octanol–water partition coefficient (Wildman–Crippen LogP) is 3.28. The monoisotopic (exact) mass is 322 g/mol. The Morgan fingerprint density at radius 3 is 2.73 bits per heavy atom. The zero-order valence-electron chi connectivity index (χ0n) is 13.0. The molecule has 0 saturated heterocycles. The zero-order chi connectivity index (χ0) is 15.8. The number of aliphatic hydroxyl groups excluding tert-OH is 1. The number of ether oxygens (including phenoxy) is 3. The van der Waals surface area contributed by atoms with E-state index in [9.17, 15) is 5.11 Å². The fraction of sp³-hybridized carbons (Fsp3) is 0.412. The average Bonchev–Trinajstić information content (AvgIpc) is 3.06. The second-order valence-corrected chi connectivity index (χ2v) is 5.93. The van der Waals surface area contributed by atoms with Gasteiger partial charge >= 0.3 is 0 Å². The maximum Gasteiger partial charge on any atom is 0.161 e. The number of methoxy groups -OCH3 is 1. The van der Waals surface area contributed by atoms with Crippen molar-refractivity contribution < 1.29 is 19.3 Å². The quantitative estimate of drug-likeness (QED) is 0.770. The highest BCUT2D eigenvalue weighted by molar-refractivity contribution is 7.09. The van der Waals surface area contributed by atoms with E-state index in [0.717, 1.165) is 11.3 Å². The summed E-state index contributed by atoms with van der Waals surface area (Å²) in [6.45, 7) is 3.02. The van der Waals surface area contributed by atoms with Crippen LogP contribution in [0.15, 0.2) is 35.7 Å². The molecule has 0 bridgehead atoms. The molecule has 1 aromatic heterocycles. The van der Waals surface area contributed by atoms with Crippen LogP contribution in [0.3, 0.4) is 0 Å². The summed E-state index contributed by atoms with van der Waals surface area (Å²) in [6.07, 6.45) is 0.269. The van der Waals surface area contributed by atoms with E-state index in [2.05, 4.69) is 6.92 Å². The number of hydrogen-bond acceptors (Lipinski definition) is 5. The number of thiophene rings is 1. The molecule has 0 aliphatic rings. The van der Waals surface area contributed by atoms with Gasteiger partial charge in [-0.2, -0.15) is 0 Å². The van der Waals surface area contributed by atoms with E-state index in [1.54, 1.807) is 18.4 Å². The molecule has 4 nitrogen and oxygen atoms in total. The van der Waals surface area contributed by atoms with E-state index < -0.39 is 6.10 Å². The molecule has 1 unspecified atom stereocenters. The normalized spacial score (nSPS) is 12.1. The van der Waals surface area contributed by atoms with Crippen molar-refractivity contribution in [2.75, 3.05) is 20.3 Å². The van der Waals surface area contributed by atoms with Crippen LogP contribution in [-0.2, 0) is 17.8 Å². The van der Waals surface area contributed by atoms with Gasteiger partial charge in [0.25, 0.3) is 0 Å². The van der Waals surface area contributed by atoms with Gasteiger partial charge in [-0.05, 0) is 35.6 Å². The van der Waals surface area contributed by atoms with Crippen LogP contribution >= 0.6 is 11.3 Å². The van der Waals surface area contributed by atoms with E-state index in [4.69, 9.17) is 14.2 Å². The summed E-state index contributed by atoms with van der Waals surface area (Å²) < 4.78 is 16.4. The second-order valence-electron chi connectivity index (χ2n) is 4.90. The van der Waals surface area contributed by atoms with Gasteiger partial charge in [0.15, 0.2) is 11.5 Å². The minimum absolute atomic E-state index is 0.173. The maximum atomic E-state index is 9.92. The lowest BCUT2D eigenvalue weighted by Crippen LogP contribution is -2.23. The SMILES string of the molecule is CCc1ccc(OCC(O)COCc2cccs2)c(OC)c1. The Labute approximate surface area is 135 Å². The number of aryl methyl sites for hydroxylation is 1. The summed E-state index contributed by atoms with van der Waals surface area (Å²) in [5.74, 6) is 1.32. The third-order valence-electron chi connectivity index (χ3n) is 3.20. The molecule has 1 atom stereocenters. The summed E-state index contributed by atoms with van der Waals surface area (Å²) in [4.78, 5) is 1.14. The zero-order valence-corrected chi connectivity index (χ0v) is 13.8. The van der Waals surface area contributed by atoms with Crippen molar-refractivity contribution in [1.29, 1.82) is 0 Å². The lowest BCUT2D eigenvalue weighted by Gasteiger charge is -2.15. The van der Waals surface area contributed by atoms with Crippen LogP contribution < -0.4 is 9.47 Å². The molecule has 0 amide bonds. The topological polar surface area (TPSA) is 47.9 Å². The molecule has 120 valence electrons. The molecule has 1 heterocycles. The molecule has 5 heteroatoms. The summed E-state index contributed by atoms with van der Waals surface area (Å²) in [7, 11) is 1.61. The summed E-state index contributed by atoms with van der Waals surface area (Å²) in [5.41, 5.74) is 1.18. The third-order valence-corrected chi connectivity index (χ3v) is 4.05. The van der Waals surface area contributed by atoms with Crippen LogP contribution in [0.2, 0.25) is 0 Å². The third kappa shape index (κ3) is 5.02. The van der Waals surface area contributed by atoms with E-state index in [1.807, 2.05) is 35.7 Å². The summed E-state index contributed by atoms with van der Waals surface area (Å²) >= 11 is 1.64. The Bertz CT molecular complexity index is 554. The lowest BCUT2D eigenvalue weighted by molar-refractivity contribution is 0.00584. The molecule has 0 aliphatic heterocycles. The van der Waals surface area contributed by atoms with E-state index in [1.165, 1.54) is 5.56 Å². The molecule has 0 spiro atoms. The van der Waals surface area contributed by atoms with Crippen molar-refractivity contribution in [3.05, 3.63) is 46.2 Å². The molecular weight excluding hydrogens is 300 g/mol. The fourth-order valence-corrected chi connectivity index (χ4v) is 2.62. The number of benzene rings is 1. The molecule has 0 aliphatic carbocycles. The number of aliphatic hydroxyl groups is 1. The predicted molar refractivity (Wildman–Crippen MR) is 87.8 cm³/mol. The molecular formula is C17H22O4S. The van der Waals surface area contributed by atoms with Crippen molar-refractivity contribution in [3.8, 4) is 11.5 Å². The van der Waals surface area contributed by atoms with Crippen LogP contribution in [0, 0.1) is 0 Å². The van der Waals surface area contributed by atoms with E-state index in [0.29, 0.717) is 18.1 Å². The first-order valence-corrected chi connectivity index (χ1v) is 8.18. The number of rotatable bonds is 9. The van der Waals surface area contributed by atoms with Crippen LogP contribution in [0.5, 0.6) is 11.5 Å². The Hall–Kier alpha value is -1.56. The Kier molecular flexibility index (Phi) is 6.71. The van der Waals surface area contributed by atoms with Crippen molar-refractivity contribution in [3.63, 3.8) is 0 Å². The average molecular weight is 322 g/mol. The standard InChI is InChI=1S/C17H22O4S/c1-3-13-6-7-16(17(9-13)19-2)21-11-14(18)10-20-12-15-5-4-8-22-15/h4-9,14,18H,3,10-12H2,1-2H3. The maximum absolute atomic E-state index is 9.92.